The highest BCUT2D eigenvalue weighted by molar-refractivity contribution is 7.98. The molecule has 0 radical (unpaired) electrons. The van der Waals surface area contributed by atoms with Gasteiger partial charge in [-0.05, 0) is 49.7 Å². The summed E-state index contributed by atoms with van der Waals surface area (Å²) in [6.07, 6.45) is 2.12. The molecule has 0 atom stereocenters. The SMILES string of the molecule is CCn1c(SCc2ccc(OC3CCN(C(C)=N)CC3)cc2)nc2cc(C(=N)N)ccc21. The zero-order chi connectivity index (χ0) is 22.7. The number of nitrogens with two attached hydrogens (primary N) is 1. The van der Waals surface area contributed by atoms with Crippen molar-refractivity contribution in [1.82, 2.24) is 14.5 Å². The Balaban J connectivity index is 1.37. The monoisotopic (exact) mass is 450 g/mol. The predicted molar refractivity (Wildman–Crippen MR) is 131 cm³/mol. The number of piperidine rings is 1. The van der Waals surface area contributed by atoms with Crippen LogP contribution in [-0.2, 0) is 12.3 Å². The van der Waals surface area contributed by atoms with Crippen LogP contribution in [0.15, 0.2) is 47.6 Å². The maximum absolute atomic E-state index is 7.75. The van der Waals surface area contributed by atoms with Gasteiger partial charge in [0.15, 0.2) is 5.16 Å². The van der Waals surface area contributed by atoms with E-state index in [0.717, 1.165) is 60.2 Å². The summed E-state index contributed by atoms with van der Waals surface area (Å²) in [5.74, 6) is 2.42. The molecule has 7 nitrogen and oxygen atoms in total. The van der Waals surface area contributed by atoms with E-state index in [2.05, 4.69) is 28.5 Å². The van der Waals surface area contributed by atoms with Crippen molar-refractivity contribution in [2.45, 2.75) is 50.2 Å². The summed E-state index contributed by atoms with van der Waals surface area (Å²) in [7, 11) is 0. The smallest absolute Gasteiger partial charge is 0.169 e. The summed E-state index contributed by atoms with van der Waals surface area (Å²) in [5, 5.41) is 16.4. The second kappa shape index (κ2) is 9.65. The lowest BCUT2D eigenvalue weighted by Crippen LogP contribution is -2.40. The molecule has 1 aliphatic rings. The van der Waals surface area contributed by atoms with Crippen LogP contribution in [0.1, 0.15) is 37.8 Å². The Kier molecular flexibility index (Phi) is 6.69. The van der Waals surface area contributed by atoms with Gasteiger partial charge in [-0.2, -0.15) is 0 Å². The number of hydrogen-bond donors (Lipinski definition) is 3. The molecule has 1 fully saturated rings. The van der Waals surface area contributed by atoms with E-state index < -0.39 is 0 Å². The van der Waals surface area contributed by atoms with Crippen molar-refractivity contribution in [3.63, 3.8) is 0 Å². The molecule has 1 saturated heterocycles. The Morgan fingerprint density at radius 2 is 1.88 bits per heavy atom. The van der Waals surface area contributed by atoms with Crippen molar-refractivity contribution in [3.8, 4) is 5.75 Å². The van der Waals surface area contributed by atoms with Crippen LogP contribution in [0, 0.1) is 10.8 Å². The largest absolute Gasteiger partial charge is 0.490 e. The summed E-state index contributed by atoms with van der Waals surface area (Å²) in [6, 6.07) is 14.1. The lowest BCUT2D eigenvalue weighted by atomic mass is 10.1. The lowest BCUT2D eigenvalue weighted by Gasteiger charge is -2.32. The summed E-state index contributed by atoms with van der Waals surface area (Å²) in [4.78, 5) is 6.89. The van der Waals surface area contributed by atoms with E-state index >= 15 is 0 Å². The van der Waals surface area contributed by atoms with Gasteiger partial charge in [-0.25, -0.2) is 4.98 Å². The second-order valence-corrected chi connectivity index (χ2v) is 9.02. The molecule has 0 unspecified atom stereocenters. The molecule has 168 valence electrons. The first kappa shape index (κ1) is 22.2. The molecular formula is C24H30N6OS. The number of nitrogens with one attached hydrogen (secondary N) is 2. The van der Waals surface area contributed by atoms with Gasteiger partial charge in [0, 0.05) is 43.8 Å². The van der Waals surface area contributed by atoms with E-state index in [1.54, 1.807) is 11.8 Å². The maximum atomic E-state index is 7.75. The molecule has 0 amide bonds. The van der Waals surface area contributed by atoms with Gasteiger partial charge < -0.3 is 19.9 Å². The Hall–Kier alpha value is -3.00. The van der Waals surface area contributed by atoms with E-state index in [1.807, 2.05) is 37.3 Å². The highest BCUT2D eigenvalue weighted by Crippen LogP contribution is 2.28. The zero-order valence-electron chi connectivity index (χ0n) is 18.6. The molecule has 8 heteroatoms. The number of fused-ring (bicyclic) bond motifs is 1. The van der Waals surface area contributed by atoms with Gasteiger partial charge in [-0.1, -0.05) is 23.9 Å². The minimum absolute atomic E-state index is 0.0600. The number of benzene rings is 2. The minimum Gasteiger partial charge on any atom is -0.490 e. The minimum atomic E-state index is 0.0600. The lowest BCUT2D eigenvalue weighted by molar-refractivity contribution is 0.130. The summed E-state index contributed by atoms with van der Waals surface area (Å²) in [6.45, 7) is 6.57. The van der Waals surface area contributed by atoms with E-state index in [0.29, 0.717) is 11.4 Å². The van der Waals surface area contributed by atoms with Gasteiger partial charge in [-0.3, -0.25) is 10.8 Å². The number of aromatic nitrogens is 2. The number of nitrogen functional groups attached to an aromatic ring is 1. The van der Waals surface area contributed by atoms with E-state index in [4.69, 9.17) is 26.3 Å². The number of nitrogens with zero attached hydrogens (tertiary/aromatic N) is 3. The molecule has 2 heterocycles. The highest BCUT2D eigenvalue weighted by atomic mass is 32.2. The number of likely N-dealkylation sites (tertiary alicyclic amines) is 1. The summed E-state index contributed by atoms with van der Waals surface area (Å²) in [5.41, 5.74) is 9.48. The molecule has 0 spiro atoms. The van der Waals surface area contributed by atoms with E-state index in [1.165, 1.54) is 5.56 Å². The van der Waals surface area contributed by atoms with Gasteiger partial charge in [0.1, 0.15) is 17.7 Å². The Morgan fingerprint density at radius 1 is 1.16 bits per heavy atom. The third kappa shape index (κ3) is 4.91. The molecule has 0 saturated carbocycles. The summed E-state index contributed by atoms with van der Waals surface area (Å²) < 4.78 is 8.36. The fraction of sp³-hybridized carbons (Fsp3) is 0.375. The quantitative estimate of drug-likeness (QED) is 0.280. The van der Waals surface area contributed by atoms with Gasteiger partial charge in [0.2, 0.25) is 0 Å². The third-order valence-electron chi connectivity index (χ3n) is 5.85. The third-order valence-corrected chi connectivity index (χ3v) is 6.90. The van der Waals surface area contributed by atoms with Gasteiger partial charge in [-0.15, -0.1) is 0 Å². The fourth-order valence-corrected chi connectivity index (χ4v) is 5.04. The van der Waals surface area contributed by atoms with Crippen LogP contribution in [-0.4, -0.2) is 45.3 Å². The van der Waals surface area contributed by atoms with Crippen LogP contribution in [0.4, 0.5) is 0 Å². The van der Waals surface area contributed by atoms with Crippen LogP contribution >= 0.6 is 11.8 Å². The van der Waals surface area contributed by atoms with Crippen molar-refractivity contribution >= 4 is 34.5 Å². The fourth-order valence-electron chi connectivity index (χ4n) is 4.00. The zero-order valence-corrected chi connectivity index (χ0v) is 19.4. The molecule has 3 aromatic rings. The molecular weight excluding hydrogens is 420 g/mol. The highest BCUT2D eigenvalue weighted by Gasteiger charge is 2.20. The van der Waals surface area contributed by atoms with Crippen molar-refractivity contribution in [2.75, 3.05) is 13.1 Å². The normalized spacial score (nSPS) is 14.6. The molecule has 1 aliphatic heterocycles. The Labute approximate surface area is 193 Å². The van der Waals surface area contributed by atoms with Gasteiger partial charge >= 0.3 is 0 Å². The van der Waals surface area contributed by atoms with Crippen LogP contribution in [0.25, 0.3) is 11.0 Å². The van der Waals surface area contributed by atoms with Crippen LogP contribution in [0.2, 0.25) is 0 Å². The Bertz CT molecular complexity index is 1120. The van der Waals surface area contributed by atoms with Crippen LogP contribution in [0.5, 0.6) is 5.75 Å². The molecule has 0 aliphatic carbocycles. The number of hydrogen-bond acceptors (Lipinski definition) is 5. The first-order chi connectivity index (χ1) is 15.4. The number of imidazole rings is 1. The number of amidine groups is 2. The average Bonchev–Trinajstić information content (AvgIpc) is 3.15. The number of rotatable bonds is 7. The van der Waals surface area contributed by atoms with Gasteiger partial charge in [0.25, 0.3) is 0 Å². The Morgan fingerprint density at radius 3 is 2.50 bits per heavy atom. The molecule has 4 rings (SSSR count). The average molecular weight is 451 g/mol. The predicted octanol–water partition coefficient (Wildman–Crippen LogP) is 4.47. The molecule has 1 aromatic heterocycles. The molecule has 4 N–H and O–H groups in total. The molecule has 0 bridgehead atoms. The number of ether oxygens (including phenoxy) is 1. The maximum Gasteiger partial charge on any atom is 0.169 e. The van der Waals surface area contributed by atoms with E-state index in [9.17, 15) is 0 Å². The molecule has 2 aromatic carbocycles. The topological polar surface area (TPSA) is 104 Å². The van der Waals surface area contributed by atoms with Crippen molar-refractivity contribution in [2.24, 2.45) is 5.73 Å². The van der Waals surface area contributed by atoms with E-state index in [-0.39, 0.29) is 11.9 Å². The summed E-state index contributed by atoms with van der Waals surface area (Å²) >= 11 is 1.71. The molecule has 32 heavy (non-hydrogen) atoms. The van der Waals surface area contributed by atoms with Crippen LogP contribution < -0.4 is 10.5 Å². The second-order valence-electron chi connectivity index (χ2n) is 8.08. The van der Waals surface area contributed by atoms with Crippen LogP contribution in [0.3, 0.4) is 0 Å². The van der Waals surface area contributed by atoms with Crippen molar-refractivity contribution < 1.29 is 4.74 Å². The van der Waals surface area contributed by atoms with Crippen molar-refractivity contribution in [1.29, 1.82) is 10.8 Å². The van der Waals surface area contributed by atoms with Crippen molar-refractivity contribution in [3.05, 3.63) is 53.6 Å². The number of aryl methyl sites for hydroxylation is 1. The first-order valence-corrected chi connectivity index (χ1v) is 12.0. The van der Waals surface area contributed by atoms with Gasteiger partial charge in [0.05, 0.1) is 16.9 Å². The number of thioether (sulfide) groups is 1. The standard InChI is InChI=1S/C24H30N6OS/c1-3-30-22-9-6-18(23(26)27)14-21(22)28-24(30)32-15-17-4-7-19(8-5-17)31-20-10-12-29(13-11-20)16(2)25/h4-9,14,20,25H,3,10-13,15H2,1-2H3,(H3,26,27). The first-order valence-electron chi connectivity index (χ1n) is 11.0.